The average Bonchev–Trinajstić information content (AvgIpc) is 0.780. The molecule has 0 unspecified atom stereocenters. The van der Waals surface area contributed by atoms with E-state index in [0.717, 1.165) is 0 Å². The molecule has 0 aliphatic heterocycles. The monoisotopic (exact) mass is 2080 g/mol. The van der Waals surface area contributed by atoms with E-state index in [1.807, 2.05) is 0 Å². The van der Waals surface area contributed by atoms with E-state index < -0.39 is 163 Å². The Kier molecular flexibility index (Phi) is 61.3. The molecule has 0 aromatic heterocycles. The lowest BCUT2D eigenvalue weighted by Crippen LogP contribution is -2.69. The van der Waals surface area contributed by atoms with Crippen LogP contribution in [-0.4, -0.2) is 408 Å². The average molecular weight is 2090 g/mol. The maximum Gasteiger partial charge on any atom is 0.671 e. The molecule has 0 aromatic carbocycles. The van der Waals surface area contributed by atoms with Gasteiger partial charge in [-0.15, -0.1) is 0 Å². The SMILES string of the molecule is CO[Si](CCCC(CCC[Si](OC)(OC)OC)(CCC[Si](OC)(OC)OC)CCC(=O)CC(=O)NCC(CCC[Si](O[Si](OC)(OC)OC)(O[Si](OC)(OC)OC)O[Si](OC)(OC)OC)(CCC[Si](O[Si](OC)(OC)OC)(O[Si](OC)(OC)OC)O[Si](OC)(OC)OC)CCC[Si](O[Si](OC)(OC)OC)(O[Si](OC)(OC)OC)O[Si](OC)(OC)OC)(OC)OC. The van der Waals surface area contributed by atoms with Crippen molar-refractivity contribution in [3.8, 4) is 0 Å². The van der Waals surface area contributed by atoms with E-state index in [1.165, 1.54) is 192 Å². The van der Waals surface area contributed by atoms with Crippen molar-refractivity contribution >= 4 is 146 Å². The predicted molar refractivity (Wildman–Crippen MR) is 469 cm³/mol. The van der Waals surface area contributed by atoms with E-state index in [4.69, 9.17) is 196 Å². The lowest BCUT2D eigenvalue weighted by Gasteiger charge is -2.43. The van der Waals surface area contributed by atoms with Crippen LogP contribution in [0.5, 0.6) is 0 Å². The summed E-state index contributed by atoms with van der Waals surface area (Å²) in [6, 6.07) is 0.353. The second-order valence-corrected chi connectivity index (χ2v) is 69.2. The number of nitrogens with one attached hydrogen (secondary N) is 1. The summed E-state index contributed by atoms with van der Waals surface area (Å²) in [7, 11) is -15.6. The van der Waals surface area contributed by atoms with Gasteiger partial charge in [0.1, 0.15) is 5.78 Å². The van der Waals surface area contributed by atoms with E-state index >= 15 is 9.59 Å². The maximum absolute atomic E-state index is 15.6. The summed E-state index contributed by atoms with van der Waals surface area (Å²) in [4.78, 5) is 30.9. The Hall–Kier alpha value is 0.593. The molecule has 0 saturated heterocycles. The molecule has 0 fully saturated rings. The van der Waals surface area contributed by atoms with Crippen molar-refractivity contribution in [2.75, 3.05) is 262 Å². The second-order valence-electron chi connectivity index (χ2n) is 27.0. The van der Waals surface area contributed by atoms with Crippen LogP contribution in [-0.2, 0) is 206 Å². The van der Waals surface area contributed by atoms with Crippen LogP contribution in [0.2, 0.25) is 36.3 Å². The summed E-state index contributed by atoms with van der Waals surface area (Å²) in [5.41, 5.74) is -2.02. The molecule has 0 atom stereocenters. The molecule has 0 rings (SSSR count). The standard InChI is InChI=1S/C62H153NO47Si15/c1-66-111(67-2,68-3)51-37-44-61(45-38-52-112(69-4,70-5)71-6,46-39-53-113(72-7,73-8)74-9)50-43-59(64)57-60(65)63-58-62(47-40-54-114(102-117(75-10,76-11)77-12,103-118(78-13,79-14)80-15)104-119(81-16,82-17)83-18,48-41-55-115(105-120(84-19,85-20)86-21,106-121(87-22,88-23)89-24)107-122(90-25,91-26)92-27)49-42-56-116(108-123(93-28,94-29)95-30,109-124(96-31,97-32)98-33)110-125(99-34,100-35)101-36/h37-58H2,1-36H3,(H,63,65). The van der Waals surface area contributed by atoms with Crippen LogP contribution >= 0.6 is 0 Å². The smallest absolute Gasteiger partial charge is 0.377 e. The third-order valence-corrected chi connectivity index (χ3v) is 66.3. The lowest BCUT2D eigenvalue weighted by molar-refractivity contribution is -0.129. The van der Waals surface area contributed by atoms with Gasteiger partial charge < -0.3 is 202 Å². The molecular formula is C62H153NO47Si15. The number of carbonyl (C=O) groups is 2. The zero-order valence-corrected chi connectivity index (χ0v) is 95.7. The highest BCUT2D eigenvalue weighted by molar-refractivity contribution is 6.84. The highest BCUT2D eigenvalue weighted by Gasteiger charge is 2.70. The highest BCUT2D eigenvalue weighted by atomic mass is 28.6. The van der Waals surface area contributed by atoms with Gasteiger partial charge in [0, 0.05) is 305 Å². The van der Waals surface area contributed by atoms with Crippen molar-refractivity contribution < 1.29 is 206 Å². The van der Waals surface area contributed by atoms with Gasteiger partial charge in [0.15, 0.2) is 0 Å². The van der Waals surface area contributed by atoms with Crippen LogP contribution in [0.4, 0.5) is 0 Å². The minimum Gasteiger partial charge on any atom is -0.377 e. The minimum atomic E-state index is -4.96. The highest BCUT2D eigenvalue weighted by Crippen LogP contribution is 2.47. The van der Waals surface area contributed by atoms with Gasteiger partial charge >= 0.3 is 134 Å². The molecule has 48 nitrogen and oxygen atoms in total. The molecular weight excluding hydrogens is 1930 g/mol. The molecule has 1 amide bonds. The molecule has 0 bridgehead atoms. The topological polar surface area (TPSA) is 462 Å². The van der Waals surface area contributed by atoms with Crippen LogP contribution in [0.15, 0.2) is 0 Å². The molecule has 1 N–H and O–H groups in total. The van der Waals surface area contributed by atoms with Gasteiger partial charge in [0.25, 0.3) is 0 Å². The normalized spacial score (nSPS) is 14.2. The van der Waals surface area contributed by atoms with Gasteiger partial charge in [-0.2, -0.15) is 0 Å². The van der Waals surface area contributed by atoms with Crippen LogP contribution in [0.3, 0.4) is 0 Å². The van der Waals surface area contributed by atoms with E-state index in [-0.39, 0.29) is 69.6 Å². The fourth-order valence-corrected chi connectivity index (χ4v) is 56.7. The predicted octanol–water partition coefficient (Wildman–Crippen LogP) is 4.47. The Morgan fingerprint density at radius 3 is 0.480 bits per heavy atom. The first kappa shape index (κ1) is 126. The summed E-state index contributed by atoms with van der Waals surface area (Å²) in [6.07, 6.45) is 2.52. The molecule has 748 valence electrons. The number of Topliss-reactive ketones (excluding diaryl/α,β-unsaturated/α-hetero) is 1. The largest absolute Gasteiger partial charge is 0.671 e. The van der Waals surface area contributed by atoms with E-state index in [0.29, 0.717) is 63.1 Å². The van der Waals surface area contributed by atoms with Crippen molar-refractivity contribution in [1.29, 1.82) is 0 Å². The number of hydrogen-bond donors (Lipinski definition) is 1. The number of amides is 1. The zero-order valence-electron chi connectivity index (χ0n) is 80.7. The van der Waals surface area contributed by atoms with Crippen molar-refractivity contribution in [1.82, 2.24) is 5.32 Å². The Morgan fingerprint density at radius 1 is 0.192 bits per heavy atom. The molecule has 0 spiro atoms. The van der Waals surface area contributed by atoms with E-state index in [9.17, 15) is 0 Å². The van der Waals surface area contributed by atoms with Gasteiger partial charge in [-0.3, -0.25) is 9.59 Å². The van der Waals surface area contributed by atoms with Crippen LogP contribution in [0.1, 0.15) is 96.3 Å². The summed E-state index contributed by atoms with van der Waals surface area (Å²) >= 11 is 0. The lowest BCUT2D eigenvalue weighted by atomic mass is 9.72. The quantitative estimate of drug-likeness (QED) is 0.0648. The van der Waals surface area contributed by atoms with E-state index in [1.54, 1.807) is 64.0 Å². The first-order valence-electron chi connectivity index (χ1n) is 39.2. The molecule has 125 heavy (non-hydrogen) atoms. The number of hydrogen-bond acceptors (Lipinski definition) is 47. The Morgan fingerprint density at radius 2 is 0.336 bits per heavy atom. The summed E-state index contributed by atoms with van der Waals surface area (Å²) < 4.78 is 277. The molecule has 0 aliphatic carbocycles. The molecule has 0 aromatic rings. The molecule has 0 radical (unpaired) electrons. The Balaban J connectivity index is 10.5. The first-order chi connectivity index (χ1) is 59.3. The van der Waals surface area contributed by atoms with Gasteiger partial charge in [0.2, 0.25) is 5.91 Å². The fraction of sp³-hybridized carbons (Fsp3) is 0.968. The van der Waals surface area contributed by atoms with E-state index in [2.05, 4.69) is 5.32 Å². The van der Waals surface area contributed by atoms with Crippen LogP contribution in [0.25, 0.3) is 0 Å². The first-order valence-corrected chi connectivity index (χ1v) is 65.5. The fourth-order valence-electron chi connectivity index (χ4n) is 13.9. The zero-order chi connectivity index (χ0) is 95.7. The third kappa shape index (κ3) is 36.5. The summed E-state index contributed by atoms with van der Waals surface area (Å²) in [6.45, 7) is -0.307. The number of rotatable bonds is 85. The molecule has 0 heterocycles. The molecule has 0 aliphatic rings. The molecule has 0 saturated carbocycles. The van der Waals surface area contributed by atoms with Gasteiger partial charge in [-0.05, 0) is 94.3 Å². The van der Waals surface area contributed by atoms with Crippen molar-refractivity contribution in [3.05, 3.63) is 0 Å². The van der Waals surface area contributed by atoms with Gasteiger partial charge in [-0.1, -0.05) is 0 Å². The van der Waals surface area contributed by atoms with Crippen LogP contribution in [0, 0.1) is 10.8 Å². The summed E-state index contributed by atoms with van der Waals surface area (Å²) in [5, 5.41) is 3.20. The summed E-state index contributed by atoms with van der Waals surface area (Å²) in [5.74, 6) is -1.11. The number of ketones is 1. The van der Waals surface area contributed by atoms with Crippen LogP contribution < -0.4 is 5.32 Å². The van der Waals surface area contributed by atoms with Crippen molar-refractivity contribution in [2.45, 2.75) is 133 Å². The Labute approximate surface area is 758 Å². The van der Waals surface area contributed by atoms with Crippen molar-refractivity contribution in [2.24, 2.45) is 10.8 Å². The second kappa shape index (κ2) is 61.0. The Bertz CT molecular complexity index is 2300. The third-order valence-electron chi connectivity index (χ3n) is 21.2. The van der Waals surface area contributed by atoms with Crippen molar-refractivity contribution in [3.63, 3.8) is 0 Å². The number of carbonyl (C=O) groups excluding carboxylic acids is 2. The van der Waals surface area contributed by atoms with Gasteiger partial charge in [-0.25, -0.2) is 0 Å². The minimum absolute atomic E-state index is 0.0508. The molecule has 63 heteroatoms. The maximum atomic E-state index is 15.6. The van der Waals surface area contributed by atoms with Gasteiger partial charge in [0.05, 0.1) is 6.42 Å².